The average Bonchev–Trinajstić information content (AvgIpc) is 3.04. The molecule has 3 rings (SSSR count). The third kappa shape index (κ3) is 3.92. The second-order valence-corrected chi connectivity index (χ2v) is 7.74. The standard InChI is InChI=1S/C21H28N4O5/c1-12(2)9-22-16(26)11-25-10-14-17(20(25)27)18(23-21(28)24(14)3)13-7-6-8-15(29-4)19(13)30-5/h6-8,12,18H,9-11H2,1-5H3,(H,22,26)(H,23,28)/t18-/m0/s1. The van der Waals surface area contributed by atoms with Crippen LogP contribution < -0.4 is 20.1 Å². The summed E-state index contributed by atoms with van der Waals surface area (Å²) in [5.74, 6) is 0.747. The highest BCUT2D eigenvalue weighted by Gasteiger charge is 2.44. The molecule has 4 amide bonds. The van der Waals surface area contributed by atoms with Crippen LogP contribution in [0.1, 0.15) is 25.5 Å². The highest BCUT2D eigenvalue weighted by Crippen LogP contribution is 2.42. The van der Waals surface area contributed by atoms with Crippen molar-refractivity contribution < 1.29 is 23.9 Å². The van der Waals surface area contributed by atoms with E-state index in [1.54, 1.807) is 25.2 Å². The number of nitrogens with zero attached hydrogens (tertiary/aromatic N) is 2. The topological polar surface area (TPSA) is 100 Å². The number of benzene rings is 1. The number of carbonyl (C=O) groups excluding carboxylic acids is 3. The third-order valence-electron chi connectivity index (χ3n) is 5.22. The smallest absolute Gasteiger partial charge is 0.322 e. The maximum Gasteiger partial charge on any atom is 0.322 e. The van der Waals surface area contributed by atoms with Crippen LogP contribution >= 0.6 is 0 Å². The molecule has 162 valence electrons. The molecule has 1 aromatic rings. The summed E-state index contributed by atoms with van der Waals surface area (Å²) >= 11 is 0. The van der Waals surface area contributed by atoms with Gasteiger partial charge in [-0.25, -0.2) is 4.79 Å². The Labute approximate surface area is 176 Å². The van der Waals surface area contributed by atoms with Crippen molar-refractivity contribution in [2.24, 2.45) is 5.92 Å². The van der Waals surface area contributed by atoms with Gasteiger partial charge in [0.25, 0.3) is 5.91 Å². The van der Waals surface area contributed by atoms with Crippen LogP contribution in [-0.4, -0.2) is 68.5 Å². The fourth-order valence-electron chi connectivity index (χ4n) is 3.67. The zero-order chi connectivity index (χ0) is 22.0. The second kappa shape index (κ2) is 8.64. The number of urea groups is 1. The lowest BCUT2D eigenvalue weighted by atomic mass is 9.94. The van der Waals surface area contributed by atoms with Gasteiger partial charge in [0.15, 0.2) is 11.5 Å². The molecular formula is C21H28N4O5. The van der Waals surface area contributed by atoms with Crippen molar-refractivity contribution in [3.05, 3.63) is 35.0 Å². The molecule has 0 unspecified atom stereocenters. The summed E-state index contributed by atoms with van der Waals surface area (Å²) in [6.45, 7) is 4.66. The zero-order valence-corrected chi connectivity index (χ0v) is 17.9. The maximum absolute atomic E-state index is 13.2. The molecule has 0 fully saturated rings. The highest BCUT2D eigenvalue weighted by molar-refractivity contribution is 6.03. The monoisotopic (exact) mass is 416 g/mol. The van der Waals surface area contributed by atoms with Crippen molar-refractivity contribution in [3.63, 3.8) is 0 Å². The normalized spacial score (nSPS) is 18.5. The minimum Gasteiger partial charge on any atom is -0.493 e. The van der Waals surface area contributed by atoms with Gasteiger partial charge in [-0.1, -0.05) is 26.0 Å². The molecule has 0 radical (unpaired) electrons. The Bertz CT molecular complexity index is 895. The SMILES string of the molecule is COc1cccc([C@@H]2NC(=O)N(C)C3=C2C(=O)N(CC(=O)NCC(C)C)C3)c1OC. The van der Waals surface area contributed by atoms with Crippen molar-refractivity contribution in [1.29, 1.82) is 0 Å². The van der Waals surface area contributed by atoms with Crippen LogP contribution in [0.15, 0.2) is 29.5 Å². The van der Waals surface area contributed by atoms with E-state index in [1.165, 1.54) is 24.0 Å². The number of para-hydroxylation sites is 1. The van der Waals surface area contributed by atoms with Crippen molar-refractivity contribution in [2.75, 3.05) is 40.9 Å². The number of amides is 4. The summed E-state index contributed by atoms with van der Waals surface area (Å²) in [5.41, 5.74) is 1.63. The number of ether oxygens (including phenoxy) is 2. The molecular weight excluding hydrogens is 388 g/mol. The fraction of sp³-hybridized carbons (Fsp3) is 0.476. The number of hydrogen-bond acceptors (Lipinski definition) is 5. The van der Waals surface area contributed by atoms with Gasteiger partial charge >= 0.3 is 6.03 Å². The van der Waals surface area contributed by atoms with Gasteiger partial charge in [-0.2, -0.15) is 0 Å². The first-order valence-electron chi connectivity index (χ1n) is 9.82. The van der Waals surface area contributed by atoms with E-state index >= 15 is 0 Å². The lowest BCUT2D eigenvalue weighted by Gasteiger charge is -2.31. The Balaban J connectivity index is 1.92. The van der Waals surface area contributed by atoms with Crippen LogP contribution in [0, 0.1) is 5.92 Å². The number of likely N-dealkylation sites (N-methyl/N-ethyl adjacent to an activating group) is 1. The Hall–Kier alpha value is -3.23. The zero-order valence-electron chi connectivity index (χ0n) is 17.9. The molecule has 0 bridgehead atoms. The van der Waals surface area contributed by atoms with Crippen LogP contribution in [0.5, 0.6) is 11.5 Å². The lowest BCUT2D eigenvalue weighted by Crippen LogP contribution is -2.45. The summed E-state index contributed by atoms with van der Waals surface area (Å²) in [6, 6.07) is 4.27. The predicted octanol–water partition coefficient (Wildman–Crippen LogP) is 1.27. The van der Waals surface area contributed by atoms with Crippen LogP contribution in [0.25, 0.3) is 0 Å². The van der Waals surface area contributed by atoms with Gasteiger partial charge < -0.3 is 25.0 Å². The molecule has 0 saturated carbocycles. The molecule has 9 nitrogen and oxygen atoms in total. The fourth-order valence-corrected chi connectivity index (χ4v) is 3.67. The van der Waals surface area contributed by atoms with Gasteiger partial charge in [0.2, 0.25) is 5.91 Å². The van der Waals surface area contributed by atoms with Crippen LogP contribution in [0.2, 0.25) is 0 Å². The lowest BCUT2D eigenvalue weighted by molar-refractivity contribution is -0.132. The van der Waals surface area contributed by atoms with Crippen LogP contribution in [0.3, 0.4) is 0 Å². The van der Waals surface area contributed by atoms with E-state index in [0.717, 1.165) is 0 Å². The molecule has 0 aliphatic carbocycles. The minimum atomic E-state index is -0.704. The quantitative estimate of drug-likeness (QED) is 0.697. The van der Waals surface area contributed by atoms with Crippen LogP contribution in [0.4, 0.5) is 4.79 Å². The van der Waals surface area contributed by atoms with E-state index in [2.05, 4.69) is 10.6 Å². The Morgan fingerprint density at radius 1 is 1.27 bits per heavy atom. The summed E-state index contributed by atoms with van der Waals surface area (Å²) in [5, 5.41) is 5.69. The average molecular weight is 416 g/mol. The van der Waals surface area contributed by atoms with E-state index in [1.807, 2.05) is 13.8 Å². The van der Waals surface area contributed by atoms with Gasteiger partial charge in [0.1, 0.15) is 6.54 Å². The molecule has 2 N–H and O–H groups in total. The van der Waals surface area contributed by atoms with E-state index < -0.39 is 6.04 Å². The van der Waals surface area contributed by atoms with E-state index in [-0.39, 0.29) is 30.9 Å². The highest BCUT2D eigenvalue weighted by atomic mass is 16.5. The molecule has 2 aliphatic rings. The first kappa shape index (κ1) is 21.5. The Morgan fingerprint density at radius 3 is 2.63 bits per heavy atom. The molecule has 2 aliphatic heterocycles. The van der Waals surface area contributed by atoms with E-state index in [0.29, 0.717) is 40.8 Å². The van der Waals surface area contributed by atoms with Crippen molar-refractivity contribution in [2.45, 2.75) is 19.9 Å². The largest absolute Gasteiger partial charge is 0.493 e. The maximum atomic E-state index is 13.2. The molecule has 30 heavy (non-hydrogen) atoms. The molecule has 1 atom stereocenters. The van der Waals surface area contributed by atoms with Crippen molar-refractivity contribution in [1.82, 2.24) is 20.4 Å². The van der Waals surface area contributed by atoms with Crippen molar-refractivity contribution in [3.8, 4) is 11.5 Å². The molecule has 2 heterocycles. The predicted molar refractivity (Wildman–Crippen MR) is 110 cm³/mol. The van der Waals surface area contributed by atoms with Gasteiger partial charge in [-0.3, -0.25) is 14.5 Å². The molecule has 0 spiro atoms. The third-order valence-corrected chi connectivity index (χ3v) is 5.22. The summed E-state index contributed by atoms with van der Waals surface area (Å²) in [7, 11) is 4.65. The van der Waals surface area contributed by atoms with E-state index in [4.69, 9.17) is 9.47 Å². The van der Waals surface area contributed by atoms with Gasteiger partial charge in [0.05, 0.1) is 38.1 Å². The Morgan fingerprint density at radius 2 is 2.00 bits per heavy atom. The summed E-state index contributed by atoms with van der Waals surface area (Å²) in [4.78, 5) is 41.0. The number of rotatable bonds is 7. The van der Waals surface area contributed by atoms with Gasteiger partial charge in [-0.05, 0) is 12.0 Å². The molecule has 0 aromatic heterocycles. The molecule has 9 heteroatoms. The first-order valence-corrected chi connectivity index (χ1v) is 9.82. The van der Waals surface area contributed by atoms with Gasteiger partial charge in [-0.15, -0.1) is 0 Å². The van der Waals surface area contributed by atoms with E-state index in [9.17, 15) is 14.4 Å². The summed E-state index contributed by atoms with van der Waals surface area (Å²) < 4.78 is 10.9. The first-order chi connectivity index (χ1) is 14.3. The summed E-state index contributed by atoms with van der Waals surface area (Å²) in [6.07, 6.45) is 0. The van der Waals surface area contributed by atoms with Crippen LogP contribution in [-0.2, 0) is 9.59 Å². The molecule has 0 saturated heterocycles. The Kier molecular flexibility index (Phi) is 6.19. The number of carbonyl (C=O) groups is 3. The van der Waals surface area contributed by atoms with Gasteiger partial charge in [0, 0.05) is 19.2 Å². The number of nitrogens with one attached hydrogen (secondary N) is 2. The van der Waals surface area contributed by atoms with Crippen molar-refractivity contribution >= 4 is 17.8 Å². The number of methoxy groups -OCH3 is 2. The number of hydrogen-bond donors (Lipinski definition) is 2. The second-order valence-electron chi connectivity index (χ2n) is 7.74. The molecule has 1 aromatic carbocycles. The minimum absolute atomic E-state index is 0.0669.